The Morgan fingerprint density at radius 3 is 2.38 bits per heavy atom. The van der Waals surface area contributed by atoms with Gasteiger partial charge in [-0.15, -0.1) is 0 Å². The fourth-order valence-corrected chi connectivity index (χ4v) is 2.55. The van der Waals surface area contributed by atoms with Gasteiger partial charge in [-0.1, -0.05) is 18.6 Å². The van der Waals surface area contributed by atoms with Crippen LogP contribution in [0, 0.1) is 0 Å². The smallest absolute Gasteiger partial charge is 0.338 e. The summed E-state index contributed by atoms with van der Waals surface area (Å²) >= 11 is 0. The van der Waals surface area contributed by atoms with Crippen molar-refractivity contribution in [3.63, 3.8) is 0 Å². The fourth-order valence-electron chi connectivity index (χ4n) is 2.55. The molecule has 0 atom stereocenters. The third-order valence-corrected chi connectivity index (χ3v) is 3.66. The third kappa shape index (κ3) is 4.88. The van der Waals surface area contributed by atoms with E-state index in [1.165, 1.54) is 6.42 Å². The summed E-state index contributed by atoms with van der Waals surface area (Å²) in [5.74, 6) is -0.528. The average molecular weight is 290 g/mol. The van der Waals surface area contributed by atoms with Gasteiger partial charge in [0, 0.05) is 0 Å². The maximum atomic E-state index is 11.9. The van der Waals surface area contributed by atoms with Crippen molar-refractivity contribution >= 4 is 11.9 Å². The lowest BCUT2D eigenvalue weighted by atomic mass is 9.98. The van der Waals surface area contributed by atoms with E-state index in [9.17, 15) is 9.59 Å². The number of carbonyl (C=O) groups excluding carboxylic acids is 2. The quantitative estimate of drug-likeness (QED) is 0.781. The maximum Gasteiger partial charge on any atom is 0.338 e. The van der Waals surface area contributed by atoms with Crippen molar-refractivity contribution in [1.82, 2.24) is 0 Å². The van der Waals surface area contributed by atoms with Gasteiger partial charge >= 0.3 is 11.9 Å². The Kier molecular flexibility index (Phi) is 5.78. The lowest BCUT2D eigenvalue weighted by molar-refractivity contribution is -0.149. The third-order valence-electron chi connectivity index (χ3n) is 3.66. The zero-order chi connectivity index (χ0) is 15.1. The Morgan fingerprint density at radius 2 is 1.76 bits per heavy atom. The summed E-state index contributed by atoms with van der Waals surface area (Å²) in [6, 6.07) is 6.91. The molecule has 0 saturated heterocycles. The molecule has 1 aliphatic carbocycles. The van der Waals surface area contributed by atoms with Crippen molar-refractivity contribution in [2.24, 2.45) is 0 Å². The molecular weight excluding hydrogens is 268 g/mol. The van der Waals surface area contributed by atoms with Crippen LogP contribution in [0.5, 0.6) is 0 Å². The summed E-state index contributed by atoms with van der Waals surface area (Å²) in [4.78, 5) is 23.4. The van der Waals surface area contributed by atoms with Crippen molar-refractivity contribution in [2.75, 3.05) is 6.61 Å². The number of esters is 2. The van der Waals surface area contributed by atoms with E-state index in [4.69, 9.17) is 9.47 Å². The van der Waals surface area contributed by atoms with Gasteiger partial charge in [0.2, 0.25) is 0 Å². The van der Waals surface area contributed by atoms with Crippen LogP contribution in [0.25, 0.3) is 0 Å². The number of benzene rings is 1. The van der Waals surface area contributed by atoms with Crippen LogP contribution >= 0.6 is 0 Å². The van der Waals surface area contributed by atoms with E-state index < -0.39 is 0 Å². The topological polar surface area (TPSA) is 52.6 Å². The van der Waals surface area contributed by atoms with Crippen LogP contribution in [0.2, 0.25) is 0 Å². The lowest BCUT2D eigenvalue weighted by Gasteiger charge is -2.21. The molecule has 1 aromatic rings. The van der Waals surface area contributed by atoms with Crippen LogP contribution in [-0.4, -0.2) is 24.6 Å². The van der Waals surface area contributed by atoms with Crippen LogP contribution < -0.4 is 0 Å². The molecule has 0 spiro atoms. The molecule has 1 saturated carbocycles. The lowest BCUT2D eigenvalue weighted by Crippen LogP contribution is -2.21. The van der Waals surface area contributed by atoms with Gasteiger partial charge in [-0.05, 0) is 50.3 Å². The van der Waals surface area contributed by atoms with Crippen LogP contribution in [-0.2, 0) is 20.7 Å². The Hall–Kier alpha value is -1.84. The summed E-state index contributed by atoms with van der Waals surface area (Å²) < 4.78 is 10.4. The van der Waals surface area contributed by atoms with E-state index >= 15 is 0 Å². The molecule has 21 heavy (non-hydrogen) atoms. The summed E-state index contributed by atoms with van der Waals surface area (Å²) in [7, 11) is 0. The first-order valence-electron chi connectivity index (χ1n) is 7.64. The molecular formula is C17H22O4. The summed E-state index contributed by atoms with van der Waals surface area (Å²) in [6.45, 7) is 2.13. The zero-order valence-electron chi connectivity index (χ0n) is 12.5. The van der Waals surface area contributed by atoms with Crippen molar-refractivity contribution in [2.45, 2.75) is 51.6 Å². The molecule has 0 bridgehead atoms. The van der Waals surface area contributed by atoms with E-state index in [1.807, 2.05) is 0 Å². The van der Waals surface area contributed by atoms with Gasteiger partial charge in [-0.3, -0.25) is 4.79 Å². The molecule has 0 amide bonds. The molecule has 0 heterocycles. The van der Waals surface area contributed by atoms with E-state index in [-0.39, 0.29) is 24.5 Å². The van der Waals surface area contributed by atoms with E-state index in [0.717, 1.165) is 31.2 Å². The molecule has 114 valence electrons. The molecule has 0 aliphatic heterocycles. The van der Waals surface area contributed by atoms with Crippen molar-refractivity contribution in [1.29, 1.82) is 0 Å². The average Bonchev–Trinajstić information content (AvgIpc) is 2.49. The van der Waals surface area contributed by atoms with Crippen molar-refractivity contribution < 1.29 is 19.1 Å². The van der Waals surface area contributed by atoms with Gasteiger partial charge in [0.1, 0.15) is 6.10 Å². The van der Waals surface area contributed by atoms with Crippen LogP contribution in [0.4, 0.5) is 0 Å². The predicted octanol–water partition coefficient (Wildman–Crippen LogP) is 3.28. The second-order valence-electron chi connectivity index (χ2n) is 5.34. The standard InChI is InChI=1S/C17H22O4/c1-2-20-17(19)14-10-8-13(9-11-14)12-16(18)21-15-6-4-3-5-7-15/h8-11,15H,2-7,12H2,1H3. The Morgan fingerprint density at radius 1 is 1.10 bits per heavy atom. The highest BCUT2D eigenvalue weighted by molar-refractivity contribution is 5.89. The normalized spacial score (nSPS) is 15.5. The van der Waals surface area contributed by atoms with Crippen LogP contribution in [0.15, 0.2) is 24.3 Å². The largest absolute Gasteiger partial charge is 0.462 e. The van der Waals surface area contributed by atoms with E-state index in [0.29, 0.717) is 12.2 Å². The first-order chi connectivity index (χ1) is 10.2. The molecule has 4 heteroatoms. The molecule has 0 N–H and O–H groups in total. The second kappa shape index (κ2) is 7.81. The fraction of sp³-hybridized carbons (Fsp3) is 0.529. The minimum Gasteiger partial charge on any atom is -0.462 e. The minimum atomic E-state index is -0.339. The zero-order valence-corrected chi connectivity index (χ0v) is 12.5. The first kappa shape index (κ1) is 15.5. The van der Waals surface area contributed by atoms with Gasteiger partial charge in [0.05, 0.1) is 18.6 Å². The molecule has 0 radical (unpaired) electrons. The van der Waals surface area contributed by atoms with E-state index in [1.54, 1.807) is 31.2 Å². The molecule has 2 rings (SSSR count). The van der Waals surface area contributed by atoms with Gasteiger partial charge in [0.15, 0.2) is 0 Å². The van der Waals surface area contributed by atoms with Crippen LogP contribution in [0.1, 0.15) is 54.9 Å². The Balaban J connectivity index is 1.84. The van der Waals surface area contributed by atoms with Crippen molar-refractivity contribution in [3.05, 3.63) is 35.4 Å². The van der Waals surface area contributed by atoms with Gasteiger partial charge < -0.3 is 9.47 Å². The number of ether oxygens (including phenoxy) is 2. The molecule has 0 unspecified atom stereocenters. The van der Waals surface area contributed by atoms with E-state index in [2.05, 4.69) is 0 Å². The molecule has 1 aliphatic rings. The molecule has 4 nitrogen and oxygen atoms in total. The minimum absolute atomic E-state index is 0.0880. The molecule has 1 aromatic carbocycles. The van der Waals surface area contributed by atoms with Gasteiger partial charge in [0.25, 0.3) is 0 Å². The van der Waals surface area contributed by atoms with Gasteiger partial charge in [-0.25, -0.2) is 4.79 Å². The summed E-state index contributed by atoms with van der Waals surface area (Å²) in [5, 5.41) is 0. The Bertz CT molecular complexity index is 472. The highest BCUT2D eigenvalue weighted by Crippen LogP contribution is 2.20. The number of carbonyl (C=O) groups is 2. The Labute approximate surface area is 125 Å². The summed E-state index contributed by atoms with van der Waals surface area (Å²) in [5.41, 5.74) is 1.35. The van der Waals surface area contributed by atoms with Crippen LogP contribution in [0.3, 0.4) is 0 Å². The monoisotopic (exact) mass is 290 g/mol. The number of hydrogen-bond acceptors (Lipinski definition) is 4. The maximum absolute atomic E-state index is 11.9. The highest BCUT2D eigenvalue weighted by Gasteiger charge is 2.17. The molecule has 1 fully saturated rings. The highest BCUT2D eigenvalue weighted by atomic mass is 16.5. The van der Waals surface area contributed by atoms with Crippen molar-refractivity contribution in [3.8, 4) is 0 Å². The first-order valence-corrected chi connectivity index (χ1v) is 7.64. The predicted molar refractivity (Wildman–Crippen MR) is 79.1 cm³/mol. The summed E-state index contributed by atoms with van der Waals surface area (Å²) in [6.07, 6.45) is 5.83. The SMILES string of the molecule is CCOC(=O)c1ccc(CC(=O)OC2CCCCC2)cc1. The molecule has 0 aromatic heterocycles. The number of rotatable bonds is 5. The second-order valence-corrected chi connectivity index (χ2v) is 5.34. The number of hydrogen-bond donors (Lipinski definition) is 0. The van der Waals surface area contributed by atoms with Gasteiger partial charge in [-0.2, -0.15) is 0 Å².